The molecule has 5 nitrogen and oxygen atoms in total. The van der Waals surface area contributed by atoms with E-state index >= 15 is 0 Å². The van der Waals surface area contributed by atoms with Crippen LogP contribution in [0, 0.1) is 11.3 Å². The summed E-state index contributed by atoms with van der Waals surface area (Å²) in [6.07, 6.45) is 1.43. The van der Waals surface area contributed by atoms with Crippen LogP contribution in [0.5, 0.6) is 11.5 Å². The SMILES string of the molecule is COC(=O)/C(C#N)=C/c1cc2c(cc1Br)OCO2. The molecule has 0 bridgehead atoms. The summed E-state index contributed by atoms with van der Waals surface area (Å²) >= 11 is 3.34. The van der Waals surface area contributed by atoms with Gasteiger partial charge < -0.3 is 14.2 Å². The Balaban J connectivity index is 2.43. The number of carbonyl (C=O) groups excluding carboxylic acids is 1. The number of nitriles is 1. The van der Waals surface area contributed by atoms with E-state index in [9.17, 15) is 4.79 Å². The Morgan fingerprint density at radius 1 is 1.50 bits per heavy atom. The van der Waals surface area contributed by atoms with Gasteiger partial charge in [-0.25, -0.2) is 4.79 Å². The molecule has 1 heterocycles. The molecule has 1 aromatic rings. The number of fused-ring (bicyclic) bond motifs is 1. The Morgan fingerprint density at radius 2 is 2.17 bits per heavy atom. The molecule has 0 aromatic heterocycles. The third-order valence-corrected chi connectivity index (χ3v) is 3.00. The fraction of sp³-hybridized carbons (Fsp3) is 0.167. The van der Waals surface area contributed by atoms with E-state index < -0.39 is 5.97 Å². The molecule has 0 unspecified atom stereocenters. The summed E-state index contributed by atoms with van der Waals surface area (Å²) in [4.78, 5) is 11.3. The van der Waals surface area contributed by atoms with E-state index in [4.69, 9.17) is 14.7 Å². The molecule has 18 heavy (non-hydrogen) atoms. The highest BCUT2D eigenvalue weighted by atomic mass is 79.9. The largest absolute Gasteiger partial charge is 0.465 e. The molecule has 1 aliphatic rings. The van der Waals surface area contributed by atoms with Gasteiger partial charge >= 0.3 is 5.97 Å². The van der Waals surface area contributed by atoms with E-state index in [1.165, 1.54) is 13.2 Å². The molecule has 0 aliphatic carbocycles. The van der Waals surface area contributed by atoms with Crippen molar-refractivity contribution in [2.45, 2.75) is 0 Å². The number of ether oxygens (including phenoxy) is 3. The lowest BCUT2D eigenvalue weighted by molar-refractivity contribution is -0.135. The molecule has 1 aromatic carbocycles. The molecule has 0 N–H and O–H groups in total. The maximum atomic E-state index is 11.3. The zero-order chi connectivity index (χ0) is 13.1. The Hall–Kier alpha value is -2.00. The summed E-state index contributed by atoms with van der Waals surface area (Å²) in [5.41, 5.74) is 0.554. The number of carbonyl (C=O) groups is 1. The molecule has 6 heteroatoms. The minimum absolute atomic E-state index is 0.0861. The number of rotatable bonds is 2. The van der Waals surface area contributed by atoms with Crippen molar-refractivity contribution >= 4 is 28.0 Å². The first-order valence-electron chi connectivity index (χ1n) is 4.95. The maximum absolute atomic E-state index is 11.3. The van der Waals surface area contributed by atoms with Crippen LogP contribution in [0.25, 0.3) is 6.08 Å². The van der Waals surface area contributed by atoms with E-state index in [1.807, 2.05) is 0 Å². The van der Waals surface area contributed by atoms with Crippen LogP contribution in [-0.4, -0.2) is 19.9 Å². The third kappa shape index (κ3) is 2.31. The lowest BCUT2D eigenvalue weighted by Gasteiger charge is -2.02. The van der Waals surface area contributed by atoms with E-state index in [-0.39, 0.29) is 12.4 Å². The molecule has 0 radical (unpaired) electrons. The summed E-state index contributed by atoms with van der Waals surface area (Å²) in [6, 6.07) is 5.20. The van der Waals surface area contributed by atoms with E-state index in [2.05, 4.69) is 20.7 Å². The van der Waals surface area contributed by atoms with Crippen molar-refractivity contribution in [2.75, 3.05) is 13.9 Å². The highest BCUT2D eigenvalue weighted by molar-refractivity contribution is 9.10. The Kier molecular flexibility index (Phi) is 3.53. The predicted octanol–water partition coefficient (Wildman–Crippen LogP) is 2.26. The molecule has 92 valence electrons. The fourth-order valence-corrected chi connectivity index (χ4v) is 1.88. The van der Waals surface area contributed by atoms with Gasteiger partial charge in [0, 0.05) is 4.47 Å². The van der Waals surface area contributed by atoms with Gasteiger partial charge in [-0.1, -0.05) is 15.9 Å². The van der Waals surface area contributed by atoms with Crippen LogP contribution in [0.4, 0.5) is 0 Å². The molecule has 0 spiro atoms. The first-order chi connectivity index (χ1) is 8.65. The molecule has 0 saturated carbocycles. The molecular formula is C12H8BrNO4. The van der Waals surface area contributed by atoms with Gasteiger partial charge in [-0.15, -0.1) is 0 Å². The standard InChI is InChI=1S/C12H8BrNO4/c1-16-12(15)8(5-14)2-7-3-10-11(4-9(7)13)18-6-17-10/h2-4H,6H2,1H3/b8-2+. The van der Waals surface area contributed by atoms with Crippen molar-refractivity contribution in [1.82, 2.24) is 0 Å². The lowest BCUT2D eigenvalue weighted by atomic mass is 10.1. The highest BCUT2D eigenvalue weighted by Crippen LogP contribution is 2.37. The minimum atomic E-state index is -0.679. The molecule has 2 rings (SSSR count). The summed E-state index contributed by atoms with van der Waals surface area (Å²) in [5.74, 6) is 0.518. The number of halogens is 1. The van der Waals surface area contributed by atoms with Gasteiger partial charge in [-0.2, -0.15) is 5.26 Å². The van der Waals surface area contributed by atoms with Gasteiger partial charge in [-0.3, -0.25) is 0 Å². The van der Waals surface area contributed by atoms with Crippen LogP contribution < -0.4 is 9.47 Å². The fourth-order valence-electron chi connectivity index (χ4n) is 1.45. The number of hydrogen-bond acceptors (Lipinski definition) is 5. The Morgan fingerprint density at radius 3 is 2.78 bits per heavy atom. The molecule has 0 saturated heterocycles. The monoisotopic (exact) mass is 309 g/mol. The van der Waals surface area contributed by atoms with Crippen molar-refractivity contribution in [3.8, 4) is 17.6 Å². The average molecular weight is 310 g/mol. The van der Waals surface area contributed by atoms with Crippen LogP contribution in [0.1, 0.15) is 5.56 Å². The van der Waals surface area contributed by atoms with Gasteiger partial charge in [0.05, 0.1) is 7.11 Å². The molecular weight excluding hydrogens is 302 g/mol. The minimum Gasteiger partial charge on any atom is -0.465 e. The number of esters is 1. The number of nitrogens with zero attached hydrogens (tertiary/aromatic N) is 1. The summed E-state index contributed by atoms with van der Waals surface area (Å²) < 4.78 is 15.6. The third-order valence-electron chi connectivity index (χ3n) is 2.32. The first kappa shape index (κ1) is 12.5. The van der Waals surface area contributed by atoms with Crippen LogP contribution in [0.15, 0.2) is 22.2 Å². The van der Waals surface area contributed by atoms with Crippen LogP contribution in [0.2, 0.25) is 0 Å². The second-order valence-electron chi connectivity index (χ2n) is 3.39. The van der Waals surface area contributed by atoms with Crippen molar-refractivity contribution < 1.29 is 19.0 Å². The van der Waals surface area contributed by atoms with Crippen LogP contribution >= 0.6 is 15.9 Å². The van der Waals surface area contributed by atoms with Crippen LogP contribution in [0.3, 0.4) is 0 Å². The van der Waals surface area contributed by atoms with Gasteiger partial charge in [0.1, 0.15) is 11.6 Å². The Labute approximate surface area is 112 Å². The molecule has 0 amide bonds. The zero-order valence-electron chi connectivity index (χ0n) is 9.40. The predicted molar refractivity (Wildman–Crippen MR) is 65.9 cm³/mol. The maximum Gasteiger partial charge on any atom is 0.348 e. The summed E-state index contributed by atoms with van der Waals surface area (Å²) in [5, 5.41) is 8.88. The van der Waals surface area contributed by atoms with Crippen molar-refractivity contribution in [1.29, 1.82) is 5.26 Å². The zero-order valence-corrected chi connectivity index (χ0v) is 11.0. The van der Waals surface area contributed by atoms with E-state index in [0.717, 1.165) is 0 Å². The van der Waals surface area contributed by atoms with Crippen molar-refractivity contribution in [3.63, 3.8) is 0 Å². The second-order valence-corrected chi connectivity index (χ2v) is 4.24. The number of methoxy groups -OCH3 is 1. The highest BCUT2D eigenvalue weighted by Gasteiger charge is 2.17. The molecule has 0 fully saturated rings. The smallest absolute Gasteiger partial charge is 0.348 e. The van der Waals surface area contributed by atoms with Crippen molar-refractivity contribution in [3.05, 3.63) is 27.7 Å². The molecule has 0 atom stereocenters. The number of hydrogen-bond donors (Lipinski definition) is 0. The topological polar surface area (TPSA) is 68.6 Å². The van der Waals surface area contributed by atoms with Gasteiger partial charge in [0.25, 0.3) is 0 Å². The summed E-state index contributed by atoms with van der Waals surface area (Å²) in [7, 11) is 1.22. The van der Waals surface area contributed by atoms with Crippen LogP contribution in [-0.2, 0) is 9.53 Å². The second kappa shape index (κ2) is 5.10. The first-order valence-corrected chi connectivity index (χ1v) is 5.74. The van der Waals surface area contributed by atoms with E-state index in [1.54, 1.807) is 18.2 Å². The van der Waals surface area contributed by atoms with Crippen molar-refractivity contribution in [2.24, 2.45) is 0 Å². The van der Waals surface area contributed by atoms with Gasteiger partial charge in [0.15, 0.2) is 11.5 Å². The van der Waals surface area contributed by atoms with E-state index in [0.29, 0.717) is 21.5 Å². The normalized spacial score (nSPS) is 13.1. The molecule has 1 aliphatic heterocycles. The Bertz CT molecular complexity index is 574. The quantitative estimate of drug-likeness (QED) is 0.476. The average Bonchev–Trinajstić information content (AvgIpc) is 2.81. The van der Waals surface area contributed by atoms with Gasteiger partial charge in [-0.05, 0) is 23.8 Å². The van der Waals surface area contributed by atoms with Gasteiger partial charge in [0.2, 0.25) is 6.79 Å². The number of benzene rings is 1. The summed E-state index contributed by atoms with van der Waals surface area (Å²) in [6.45, 7) is 0.164. The lowest BCUT2D eigenvalue weighted by Crippen LogP contribution is -2.02.